The molecule has 2 nitrogen and oxygen atoms in total. The Morgan fingerprint density at radius 1 is 1.29 bits per heavy atom. The molecule has 2 aliphatic rings. The Morgan fingerprint density at radius 2 is 2.05 bits per heavy atom. The Labute approximate surface area is 128 Å². The molecule has 0 spiro atoms. The number of nitriles is 1. The average molecular weight is 283 g/mol. The molecule has 0 N–H and O–H groups in total. The number of rotatable bonds is 4. The first-order chi connectivity index (χ1) is 10.3. The summed E-state index contributed by atoms with van der Waals surface area (Å²) < 4.78 is 5.79. The molecule has 0 saturated heterocycles. The molecule has 1 aromatic rings. The van der Waals surface area contributed by atoms with Gasteiger partial charge in [0, 0.05) is 11.5 Å². The summed E-state index contributed by atoms with van der Waals surface area (Å²) in [6.07, 6.45) is 8.19. The lowest BCUT2D eigenvalue weighted by Gasteiger charge is -2.36. The van der Waals surface area contributed by atoms with Crippen LogP contribution < -0.4 is 4.74 Å². The fourth-order valence-electron chi connectivity index (χ4n) is 4.16. The van der Waals surface area contributed by atoms with E-state index in [1.54, 1.807) is 0 Å². The number of nitrogens with zero attached hydrogens (tertiary/aromatic N) is 1. The van der Waals surface area contributed by atoms with Gasteiger partial charge in [-0.1, -0.05) is 38.0 Å². The molecule has 1 aromatic carbocycles. The molecule has 0 aromatic heterocycles. The molecule has 0 radical (unpaired) electrons. The molecule has 1 heterocycles. The van der Waals surface area contributed by atoms with Crippen molar-refractivity contribution in [1.82, 2.24) is 0 Å². The van der Waals surface area contributed by atoms with Crippen molar-refractivity contribution < 1.29 is 4.74 Å². The van der Waals surface area contributed by atoms with Crippen molar-refractivity contribution >= 4 is 0 Å². The van der Waals surface area contributed by atoms with Crippen LogP contribution in [0.3, 0.4) is 0 Å². The fraction of sp³-hybridized carbons (Fsp3) is 0.632. The van der Waals surface area contributed by atoms with Gasteiger partial charge in [0.25, 0.3) is 0 Å². The quantitative estimate of drug-likeness (QED) is 0.774. The zero-order chi connectivity index (χ0) is 14.7. The standard InChI is InChI=1S/C19H25NO/c1-2-5-15-8-10-19(14-20,11-9-15)12-16-13-21-18-7-4-3-6-17(16)18/h3-4,6-7,15-16H,2,5,8-13H2,1H3. The third-order valence-electron chi connectivity index (χ3n) is 5.43. The number of fused-ring (bicyclic) bond motifs is 1. The van der Waals surface area contributed by atoms with Gasteiger partial charge in [0.2, 0.25) is 0 Å². The minimum absolute atomic E-state index is 0.115. The lowest BCUT2D eigenvalue weighted by Crippen LogP contribution is -2.28. The SMILES string of the molecule is CCCC1CCC(C#N)(CC2COc3ccccc32)CC1. The monoisotopic (exact) mass is 283 g/mol. The summed E-state index contributed by atoms with van der Waals surface area (Å²) >= 11 is 0. The normalized spacial score (nSPS) is 31.2. The molecule has 1 aliphatic heterocycles. The molecule has 3 rings (SSSR count). The highest BCUT2D eigenvalue weighted by atomic mass is 16.5. The van der Waals surface area contributed by atoms with Gasteiger partial charge in [-0.2, -0.15) is 5.26 Å². The Bertz CT molecular complexity index is 523. The van der Waals surface area contributed by atoms with Crippen molar-refractivity contribution in [1.29, 1.82) is 5.26 Å². The van der Waals surface area contributed by atoms with Gasteiger partial charge < -0.3 is 4.74 Å². The highest BCUT2D eigenvalue weighted by molar-refractivity contribution is 5.40. The smallest absolute Gasteiger partial charge is 0.122 e. The first-order valence-electron chi connectivity index (χ1n) is 8.39. The van der Waals surface area contributed by atoms with Crippen LogP contribution in [0.1, 0.15) is 63.4 Å². The topological polar surface area (TPSA) is 33.0 Å². The van der Waals surface area contributed by atoms with Crippen molar-refractivity contribution in [3.63, 3.8) is 0 Å². The van der Waals surface area contributed by atoms with Crippen molar-refractivity contribution in [2.45, 2.75) is 57.8 Å². The molecule has 0 amide bonds. The third kappa shape index (κ3) is 2.93. The Hall–Kier alpha value is -1.49. The van der Waals surface area contributed by atoms with Crippen LogP contribution in [0, 0.1) is 22.7 Å². The van der Waals surface area contributed by atoms with E-state index >= 15 is 0 Å². The summed E-state index contributed by atoms with van der Waals surface area (Å²) in [4.78, 5) is 0. The van der Waals surface area contributed by atoms with Gasteiger partial charge >= 0.3 is 0 Å². The fourth-order valence-corrected chi connectivity index (χ4v) is 4.16. The summed E-state index contributed by atoms with van der Waals surface area (Å²) in [5.41, 5.74) is 1.19. The maximum absolute atomic E-state index is 9.78. The van der Waals surface area contributed by atoms with Crippen LogP contribution in [0.25, 0.3) is 0 Å². The summed E-state index contributed by atoms with van der Waals surface area (Å²) in [7, 11) is 0. The van der Waals surface area contributed by atoms with Crippen molar-refractivity contribution in [3.8, 4) is 11.8 Å². The predicted octanol–water partition coefficient (Wildman–Crippen LogP) is 5.05. The summed E-state index contributed by atoms with van der Waals surface area (Å²) in [6.45, 7) is 3.01. The van der Waals surface area contributed by atoms with E-state index in [2.05, 4.69) is 25.1 Å². The second kappa shape index (κ2) is 6.10. The third-order valence-corrected chi connectivity index (χ3v) is 5.43. The molecule has 1 fully saturated rings. The summed E-state index contributed by atoms with van der Waals surface area (Å²) in [5.74, 6) is 2.28. The van der Waals surface area contributed by atoms with Gasteiger partial charge in [0.15, 0.2) is 0 Å². The number of hydrogen-bond acceptors (Lipinski definition) is 2. The maximum atomic E-state index is 9.78. The summed E-state index contributed by atoms with van der Waals surface area (Å²) in [6, 6.07) is 11.0. The first kappa shape index (κ1) is 14.4. The van der Waals surface area contributed by atoms with E-state index in [0.717, 1.165) is 37.5 Å². The molecule has 1 saturated carbocycles. The molecular weight excluding hydrogens is 258 g/mol. The van der Waals surface area contributed by atoms with Gasteiger partial charge in [-0.05, 0) is 44.1 Å². The zero-order valence-electron chi connectivity index (χ0n) is 13.0. The maximum Gasteiger partial charge on any atom is 0.122 e. The Morgan fingerprint density at radius 3 is 2.76 bits per heavy atom. The van der Waals surface area contributed by atoms with Gasteiger partial charge in [0.05, 0.1) is 18.1 Å². The minimum Gasteiger partial charge on any atom is -0.493 e. The average Bonchev–Trinajstić information content (AvgIpc) is 2.93. The number of para-hydroxylation sites is 1. The van der Waals surface area contributed by atoms with E-state index in [1.807, 2.05) is 12.1 Å². The van der Waals surface area contributed by atoms with Crippen molar-refractivity contribution in [3.05, 3.63) is 29.8 Å². The van der Waals surface area contributed by atoms with E-state index in [-0.39, 0.29) is 5.41 Å². The van der Waals surface area contributed by atoms with E-state index in [4.69, 9.17) is 4.74 Å². The molecule has 1 atom stereocenters. The minimum atomic E-state index is -0.115. The molecule has 1 aliphatic carbocycles. The largest absolute Gasteiger partial charge is 0.493 e. The molecule has 21 heavy (non-hydrogen) atoms. The van der Waals surface area contributed by atoms with Crippen LogP contribution in [-0.2, 0) is 0 Å². The number of hydrogen-bond donors (Lipinski definition) is 0. The van der Waals surface area contributed by atoms with E-state index in [1.165, 1.54) is 31.2 Å². The molecule has 0 bridgehead atoms. The molecule has 1 unspecified atom stereocenters. The molecule has 112 valence electrons. The predicted molar refractivity (Wildman–Crippen MR) is 84.2 cm³/mol. The van der Waals surface area contributed by atoms with Gasteiger partial charge in [-0.25, -0.2) is 0 Å². The second-order valence-corrected chi connectivity index (χ2v) is 6.87. The molecule has 2 heteroatoms. The first-order valence-corrected chi connectivity index (χ1v) is 8.39. The second-order valence-electron chi connectivity index (χ2n) is 6.87. The van der Waals surface area contributed by atoms with Crippen molar-refractivity contribution in [2.75, 3.05) is 6.61 Å². The van der Waals surface area contributed by atoms with E-state index in [9.17, 15) is 5.26 Å². The van der Waals surface area contributed by atoms with Crippen LogP contribution >= 0.6 is 0 Å². The van der Waals surface area contributed by atoms with Gasteiger partial charge in [0.1, 0.15) is 5.75 Å². The number of ether oxygens (including phenoxy) is 1. The van der Waals surface area contributed by atoms with Crippen LogP contribution in [0.4, 0.5) is 0 Å². The van der Waals surface area contributed by atoms with E-state index in [0.29, 0.717) is 5.92 Å². The van der Waals surface area contributed by atoms with Crippen LogP contribution in [0.15, 0.2) is 24.3 Å². The van der Waals surface area contributed by atoms with Crippen molar-refractivity contribution in [2.24, 2.45) is 11.3 Å². The lowest BCUT2D eigenvalue weighted by molar-refractivity contribution is 0.171. The highest BCUT2D eigenvalue weighted by Gasteiger charge is 2.39. The van der Waals surface area contributed by atoms with Crippen LogP contribution in [-0.4, -0.2) is 6.61 Å². The van der Waals surface area contributed by atoms with Gasteiger partial charge in [-0.3, -0.25) is 0 Å². The van der Waals surface area contributed by atoms with Gasteiger partial charge in [-0.15, -0.1) is 0 Å². The lowest BCUT2D eigenvalue weighted by atomic mass is 9.66. The number of benzene rings is 1. The zero-order valence-corrected chi connectivity index (χ0v) is 13.0. The van der Waals surface area contributed by atoms with Crippen LogP contribution in [0.2, 0.25) is 0 Å². The Balaban J connectivity index is 1.68. The van der Waals surface area contributed by atoms with Crippen LogP contribution in [0.5, 0.6) is 5.75 Å². The summed E-state index contributed by atoms with van der Waals surface area (Å²) in [5, 5.41) is 9.78. The molecular formula is C19H25NO. The Kier molecular flexibility index (Phi) is 4.19. The van der Waals surface area contributed by atoms with E-state index < -0.39 is 0 Å². The highest BCUT2D eigenvalue weighted by Crippen LogP contribution is 2.48.